The maximum absolute atomic E-state index is 9.79. The Hall–Kier alpha value is -3.96. The molecular weight excluding hydrogens is 496 g/mol. The Labute approximate surface area is 236 Å². The summed E-state index contributed by atoms with van der Waals surface area (Å²) in [5.74, 6) is 0. The number of nitrogens with zero attached hydrogens (tertiary/aromatic N) is 4. The zero-order chi connectivity index (χ0) is 27.3. The Morgan fingerprint density at radius 1 is 1.02 bits per heavy atom. The first-order chi connectivity index (χ1) is 19.7. The minimum Gasteiger partial charge on any atom is -0.379 e. The van der Waals surface area contributed by atoms with Crippen LogP contribution in [-0.2, 0) is 11.3 Å². The number of benzene rings is 2. The molecule has 0 radical (unpaired) electrons. The van der Waals surface area contributed by atoms with Crippen molar-refractivity contribution in [2.75, 3.05) is 44.7 Å². The van der Waals surface area contributed by atoms with Crippen molar-refractivity contribution in [2.24, 2.45) is 0 Å². The smallest absolute Gasteiger partial charge is 0.103 e. The van der Waals surface area contributed by atoms with Gasteiger partial charge in [0.25, 0.3) is 0 Å². The van der Waals surface area contributed by atoms with Crippen molar-refractivity contribution in [3.05, 3.63) is 88.9 Å². The molecule has 2 aliphatic heterocycles. The summed E-state index contributed by atoms with van der Waals surface area (Å²) < 4.78 is 5.52. The van der Waals surface area contributed by atoms with Crippen LogP contribution in [0.25, 0.3) is 23.1 Å². The highest BCUT2D eigenvalue weighted by Crippen LogP contribution is 2.31. The van der Waals surface area contributed by atoms with Gasteiger partial charge in [-0.15, -0.1) is 0 Å². The topological polar surface area (TPSA) is 80.2 Å². The molecule has 0 saturated carbocycles. The van der Waals surface area contributed by atoms with Gasteiger partial charge in [-0.05, 0) is 67.7 Å². The van der Waals surface area contributed by atoms with Crippen LogP contribution in [0, 0.1) is 18.3 Å². The summed E-state index contributed by atoms with van der Waals surface area (Å²) in [4.78, 5) is 12.8. The monoisotopic (exact) mass is 532 g/mol. The molecule has 0 atom stereocenters. The lowest BCUT2D eigenvalue weighted by molar-refractivity contribution is 0.000231. The van der Waals surface area contributed by atoms with Crippen LogP contribution in [0.15, 0.2) is 61.1 Å². The molecule has 2 aromatic heterocycles. The summed E-state index contributed by atoms with van der Waals surface area (Å²) in [5, 5.41) is 14.5. The average molecular weight is 533 g/mol. The van der Waals surface area contributed by atoms with E-state index in [0.29, 0.717) is 11.6 Å². The second kappa shape index (κ2) is 12.1. The summed E-state index contributed by atoms with van der Waals surface area (Å²) >= 11 is 0. The second-order valence-electron chi connectivity index (χ2n) is 10.8. The van der Waals surface area contributed by atoms with Gasteiger partial charge in [-0.3, -0.25) is 14.8 Å². The van der Waals surface area contributed by atoms with Gasteiger partial charge in [0.2, 0.25) is 0 Å². The average Bonchev–Trinajstić information content (AvgIpc) is 3.49. The van der Waals surface area contributed by atoms with E-state index in [-0.39, 0.29) is 0 Å². The third-order valence-electron chi connectivity index (χ3n) is 8.32. The lowest BCUT2D eigenvalue weighted by Gasteiger charge is -2.40. The number of nitrogens with one attached hydrogen (secondary N) is 2. The molecule has 0 bridgehead atoms. The molecule has 0 unspecified atom stereocenters. The lowest BCUT2D eigenvalue weighted by Crippen LogP contribution is -2.48. The molecule has 2 aliphatic rings. The number of aromatic nitrogens is 2. The molecule has 2 aromatic carbocycles. The first kappa shape index (κ1) is 26.3. The molecule has 2 N–H and O–H groups in total. The SMILES string of the molecule is Cc1c(Nc2c(C#N)cncc2/C=C/c2ccc(CN3CCC(N4CCOCC4)CC3)cc2)ccc2[nH]ccc12. The summed E-state index contributed by atoms with van der Waals surface area (Å²) in [5.41, 5.74) is 7.82. The van der Waals surface area contributed by atoms with Gasteiger partial charge in [0.15, 0.2) is 0 Å². The van der Waals surface area contributed by atoms with E-state index in [2.05, 4.69) is 80.6 Å². The molecular formula is C33H36N6O. The number of likely N-dealkylation sites (tertiary alicyclic amines) is 1. The molecule has 0 spiro atoms. The third kappa shape index (κ3) is 5.80. The van der Waals surface area contributed by atoms with E-state index in [0.717, 1.165) is 84.9 Å². The number of rotatable bonds is 7. The maximum atomic E-state index is 9.79. The number of anilines is 2. The molecule has 4 aromatic rings. The van der Waals surface area contributed by atoms with Crippen LogP contribution >= 0.6 is 0 Å². The highest BCUT2D eigenvalue weighted by atomic mass is 16.5. The number of aryl methyl sites for hydroxylation is 1. The molecule has 4 heterocycles. The van der Waals surface area contributed by atoms with Crippen molar-refractivity contribution in [1.82, 2.24) is 19.8 Å². The number of piperidine rings is 1. The Kier molecular flexibility index (Phi) is 7.92. The fourth-order valence-electron chi connectivity index (χ4n) is 5.94. The summed E-state index contributed by atoms with van der Waals surface area (Å²) in [6, 6.07) is 18.0. The highest BCUT2D eigenvalue weighted by molar-refractivity contribution is 5.90. The fraction of sp³-hybridized carbons (Fsp3) is 0.333. The highest BCUT2D eigenvalue weighted by Gasteiger charge is 2.25. The molecule has 2 fully saturated rings. The number of fused-ring (bicyclic) bond motifs is 1. The molecule has 6 rings (SSSR count). The number of H-pyrrole nitrogens is 1. The number of hydrogen-bond acceptors (Lipinski definition) is 6. The van der Waals surface area contributed by atoms with Gasteiger partial charge in [0, 0.05) is 66.4 Å². The van der Waals surface area contributed by atoms with Gasteiger partial charge >= 0.3 is 0 Å². The van der Waals surface area contributed by atoms with Gasteiger partial charge in [-0.25, -0.2) is 0 Å². The van der Waals surface area contributed by atoms with Crippen molar-refractivity contribution in [1.29, 1.82) is 5.26 Å². The van der Waals surface area contributed by atoms with E-state index >= 15 is 0 Å². The molecule has 0 aliphatic carbocycles. The Morgan fingerprint density at radius 2 is 1.82 bits per heavy atom. The van der Waals surface area contributed by atoms with E-state index in [1.54, 1.807) is 12.4 Å². The van der Waals surface area contributed by atoms with Gasteiger partial charge in [-0.2, -0.15) is 5.26 Å². The van der Waals surface area contributed by atoms with E-state index in [1.165, 1.54) is 18.4 Å². The van der Waals surface area contributed by atoms with Gasteiger partial charge in [-0.1, -0.05) is 36.4 Å². The first-order valence-electron chi connectivity index (χ1n) is 14.2. The lowest BCUT2D eigenvalue weighted by atomic mass is 10.0. The van der Waals surface area contributed by atoms with Crippen molar-refractivity contribution in [3.63, 3.8) is 0 Å². The van der Waals surface area contributed by atoms with Crippen molar-refractivity contribution >= 4 is 34.4 Å². The van der Waals surface area contributed by atoms with E-state index < -0.39 is 0 Å². The van der Waals surface area contributed by atoms with Crippen molar-refractivity contribution < 1.29 is 4.74 Å². The van der Waals surface area contributed by atoms with Crippen LogP contribution in [0.1, 0.15) is 40.7 Å². The molecule has 7 nitrogen and oxygen atoms in total. The van der Waals surface area contributed by atoms with E-state index in [1.807, 2.05) is 18.3 Å². The van der Waals surface area contributed by atoms with Crippen molar-refractivity contribution in [3.8, 4) is 6.07 Å². The third-order valence-corrected chi connectivity index (χ3v) is 8.32. The van der Waals surface area contributed by atoms with Gasteiger partial charge < -0.3 is 15.0 Å². The largest absolute Gasteiger partial charge is 0.379 e. The second-order valence-corrected chi connectivity index (χ2v) is 10.8. The Balaban J connectivity index is 1.11. The number of aromatic amines is 1. The number of nitriles is 1. The molecule has 204 valence electrons. The van der Waals surface area contributed by atoms with Crippen molar-refractivity contribution in [2.45, 2.75) is 32.4 Å². The van der Waals surface area contributed by atoms with E-state index in [9.17, 15) is 5.26 Å². The zero-order valence-electron chi connectivity index (χ0n) is 23.1. The standard InChI is InChI=1S/C33H36N6O/c1-24-30-10-13-36-32(30)9-8-31(24)37-33-27(21-35-22-28(33)20-34)7-6-25-2-4-26(5-3-25)23-38-14-11-29(12-15-38)39-16-18-40-19-17-39/h2-10,13,21-22,29,36H,11-12,14-19,23H2,1H3,(H,35,37)/b7-6+. The zero-order valence-corrected chi connectivity index (χ0v) is 23.1. The fourth-order valence-corrected chi connectivity index (χ4v) is 5.94. The number of morpholine rings is 1. The summed E-state index contributed by atoms with van der Waals surface area (Å²) in [6.45, 7) is 9.30. The maximum Gasteiger partial charge on any atom is 0.103 e. The molecule has 40 heavy (non-hydrogen) atoms. The van der Waals surface area contributed by atoms with Crippen LogP contribution in [0.5, 0.6) is 0 Å². The molecule has 2 saturated heterocycles. The van der Waals surface area contributed by atoms with Gasteiger partial charge in [0.1, 0.15) is 6.07 Å². The van der Waals surface area contributed by atoms with E-state index in [4.69, 9.17) is 4.74 Å². The summed E-state index contributed by atoms with van der Waals surface area (Å²) in [6.07, 6.45) is 12.0. The predicted octanol–water partition coefficient (Wildman–Crippen LogP) is 5.95. The first-order valence-corrected chi connectivity index (χ1v) is 14.2. The summed E-state index contributed by atoms with van der Waals surface area (Å²) in [7, 11) is 0. The molecule has 7 heteroatoms. The minimum atomic E-state index is 0.517. The van der Waals surface area contributed by atoms with Crippen LogP contribution in [0.4, 0.5) is 11.4 Å². The molecule has 0 amide bonds. The van der Waals surface area contributed by atoms with Crippen LogP contribution in [-0.4, -0.2) is 65.2 Å². The Bertz CT molecular complexity index is 1520. The van der Waals surface area contributed by atoms with Crippen LogP contribution in [0.3, 0.4) is 0 Å². The quantitative estimate of drug-likeness (QED) is 0.306. The predicted molar refractivity (Wildman–Crippen MR) is 161 cm³/mol. The normalized spacial score (nSPS) is 17.4. The Morgan fingerprint density at radius 3 is 2.60 bits per heavy atom. The van der Waals surface area contributed by atoms with Gasteiger partial charge in [0.05, 0.1) is 24.5 Å². The number of ether oxygens (including phenoxy) is 1. The van der Waals surface area contributed by atoms with Crippen LogP contribution < -0.4 is 5.32 Å². The number of hydrogen-bond donors (Lipinski definition) is 2. The minimum absolute atomic E-state index is 0.517. The van der Waals surface area contributed by atoms with Crippen LogP contribution in [0.2, 0.25) is 0 Å². The number of pyridine rings is 1.